The summed E-state index contributed by atoms with van der Waals surface area (Å²) in [7, 11) is 1.62. The van der Waals surface area contributed by atoms with Gasteiger partial charge >= 0.3 is 0 Å². The van der Waals surface area contributed by atoms with Crippen LogP contribution in [0.5, 0.6) is 5.75 Å². The Morgan fingerprint density at radius 2 is 2.00 bits per heavy atom. The molecule has 106 valence electrons. The minimum Gasteiger partial charge on any atom is -0.468 e. The van der Waals surface area contributed by atoms with Crippen LogP contribution < -0.4 is 9.08 Å². The number of benzene rings is 1. The van der Waals surface area contributed by atoms with E-state index < -0.39 is 0 Å². The Labute approximate surface area is 121 Å². The standard InChI is InChI=1S/C13H18BrNO4/c1-17-8-9-18-10-19-12-5-2-11(3-6-12)4-7-13(16)15-14/h2-3,5-6H,4,7-10H2,1H3,(H,15,16). The summed E-state index contributed by atoms with van der Waals surface area (Å²) in [6, 6.07) is 7.60. The van der Waals surface area contributed by atoms with E-state index in [1.807, 2.05) is 24.3 Å². The first-order chi connectivity index (χ1) is 9.26. The Balaban J connectivity index is 2.25. The smallest absolute Gasteiger partial charge is 0.230 e. The molecular formula is C13H18BrNO4. The summed E-state index contributed by atoms with van der Waals surface area (Å²) in [5, 5.41) is 0. The number of carbonyl (C=O) groups excluding carboxylic acids is 1. The molecule has 6 heteroatoms. The summed E-state index contributed by atoms with van der Waals surface area (Å²) in [4.78, 5) is 11.1. The first-order valence-corrected chi connectivity index (χ1v) is 6.73. The maximum Gasteiger partial charge on any atom is 0.230 e. The van der Waals surface area contributed by atoms with Crippen molar-refractivity contribution in [1.29, 1.82) is 0 Å². The van der Waals surface area contributed by atoms with Crippen LogP contribution in [0.2, 0.25) is 0 Å². The minimum atomic E-state index is -0.0353. The Hall–Kier alpha value is -1.11. The van der Waals surface area contributed by atoms with E-state index in [-0.39, 0.29) is 12.7 Å². The van der Waals surface area contributed by atoms with Crippen LogP contribution >= 0.6 is 16.1 Å². The zero-order valence-electron chi connectivity index (χ0n) is 10.9. The quantitative estimate of drug-likeness (QED) is 0.427. The first kappa shape index (κ1) is 15.9. The molecule has 1 amide bonds. The molecule has 0 aromatic heterocycles. The van der Waals surface area contributed by atoms with E-state index in [0.29, 0.717) is 26.1 Å². The number of nitrogens with one attached hydrogen (secondary N) is 1. The number of rotatable bonds is 9. The lowest BCUT2D eigenvalue weighted by molar-refractivity contribution is -0.119. The third-order valence-electron chi connectivity index (χ3n) is 2.41. The maximum atomic E-state index is 11.1. The van der Waals surface area contributed by atoms with Crippen LogP contribution in [0, 0.1) is 0 Å². The Bertz CT molecular complexity index is 369. The van der Waals surface area contributed by atoms with Crippen LogP contribution in [0.4, 0.5) is 0 Å². The van der Waals surface area contributed by atoms with Crippen LogP contribution in [0.3, 0.4) is 0 Å². The van der Waals surface area contributed by atoms with Crippen molar-refractivity contribution < 1.29 is 19.0 Å². The van der Waals surface area contributed by atoms with Gasteiger partial charge in [-0.15, -0.1) is 0 Å². The SMILES string of the molecule is COCCOCOc1ccc(CCC(=O)NBr)cc1. The van der Waals surface area contributed by atoms with Gasteiger partial charge in [0, 0.05) is 29.7 Å². The average molecular weight is 332 g/mol. The monoisotopic (exact) mass is 331 g/mol. The molecule has 0 aliphatic carbocycles. The van der Waals surface area contributed by atoms with Crippen molar-refractivity contribution in [2.45, 2.75) is 12.8 Å². The van der Waals surface area contributed by atoms with Gasteiger partial charge in [-0.2, -0.15) is 0 Å². The van der Waals surface area contributed by atoms with Gasteiger partial charge in [-0.25, -0.2) is 0 Å². The number of hydrogen-bond donors (Lipinski definition) is 1. The molecule has 19 heavy (non-hydrogen) atoms. The lowest BCUT2D eigenvalue weighted by Crippen LogP contribution is -2.12. The van der Waals surface area contributed by atoms with Crippen LogP contribution in [0.15, 0.2) is 24.3 Å². The zero-order valence-corrected chi connectivity index (χ0v) is 12.4. The molecule has 0 bridgehead atoms. The molecule has 1 aromatic rings. The summed E-state index contributed by atoms with van der Waals surface area (Å²) in [5.41, 5.74) is 1.09. The van der Waals surface area contributed by atoms with E-state index in [4.69, 9.17) is 14.2 Å². The molecule has 0 fully saturated rings. The van der Waals surface area contributed by atoms with Crippen LogP contribution in [-0.2, 0) is 20.7 Å². The summed E-state index contributed by atoms with van der Waals surface area (Å²) in [6.07, 6.45) is 1.15. The van der Waals surface area contributed by atoms with Crippen LogP contribution in [0.1, 0.15) is 12.0 Å². The number of aryl methyl sites for hydroxylation is 1. The fourth-order valence-corrected chi connectivity index (χ4v) is 1.57. The number of methoxy groups -OCH3 is 1. The van der Waals surface area contributed by atoms with E-state index in [9.17, 15) is 4.79 Å². The molecule has 1 N–H and O–H groups in total. The summed E-state index contributed by atoms with van der Waals surface area (Å²) < 4.78 is 17.8. The van der Waals surface area contributed by atoms with Crippen molar-refractivity contribution in [3.63, 3.8) is 0 Å². The second-order valence-electron chi connectivity index (χ2n) is 3.82. The molecule has 0 saturated heterocycles. The third-order valence-corrected chi connectivity index (χ3v) is 2.85. The number of carbonyl (C=O) groups is 1. The minimum absolute atomic E-state index is 0.0353. The highest BCUT2D eigenvalue weighted by molar-refractivity contribution is 9.08. The van der Waals surface area contributed by atoms with Crippen molar-refractivity contribution in [2.75, 3.05) is 27.1 Å². The molecule has 0 unspecified atom stereocenters. The number of halogens is 1. The fraction of sp³-hybridized carbons (Fsp3) is 0.462. The zero-order chi connectivity index (χ0) is 13.9. The molecule has 0 aliphatic rings. The van der Waals surface area contributed by atoms with Gasteiger partial charge in [-0.3, -0.25) is 9.14 Å². The van der Waals surface area contributed by atoms with Gasteiger partial charge in [0.1, 0.15) is 5.75 Å². The van der Waals surface area contributed by atoms with Gasteiger partial charge < -0.3 is 14.2 Å². The van der Waals surface area contributed by atoms with Gasteiger partial charge in [-0.05, 0) is 24.1 Å². The Morgan fingerprint density at radius 3 is 2.63 bits per heavy atom. The molecule has 0 saturated carbocycles. The molecule has 1 rings (SSSR count). The van der Waals surface area contributed by atoms with Crippen molar-refractivity contribution in [3.8, 4) is 5.75 Å². The molecule has 5 nitrogen and oxygen atoms in total. The Kier molecular flexibility index (Phi) is 8.20. The van der Waals surface area contributed by atoms with Crippen molar-refractivity contribution in [1.82, 2.24) is 4.34 Å². The van der Waals surface area contributed by atoms with Crippen molar-refractivity contribution >= 4 is 22.1 Å². The second kappa shape index (κ2) is 9.77. The number of amides is 1. The fourth-order valence-electron chi connectivity index (χ4n) is 1.37. The van der Waals surface area contributed by atoms with E-state index in [2.05, 4.69) is 20.5 Å². The normalized spacial score (nSPS) is 10.2. The van der Waals surface area contributed by atoms with Crippen LogP contribution in [-0.4, -0.2) is 33.0 Å². The molecule has 0 aliphatic heterocycles. The van der Waals surface area contributed by atoms with E-state index >= 15 is 0 Å². The van der Waals surface area contributed by atoms with Gasteiger partial charge in [0.15, 0.2) is 6.79 Å². The van der Waals surface area contributed by atoms with E-state index in [1.54, 1.807) is 7.11 Å². The van der Waals surface area contributed by atoms with Gasteiger partial charge in [0.05, 0.1) is 13.2 Å². The van der Waals surface area contributed by atoms with Crippen LogP contribution in [0.25, 0.3) is 0 Å². The molecule has 0 spiro atoms. The van der Waals surface area contributed by atoms with E-state index in [0.717, 1.165) is 11.3 Å². The predicted octanol–water partition coefficient (Wildman–Crippen LogP) is 2.04. The lowest BCUT2D eigenvalue weighted by Gasteiger charge is -2.07. The first-order valence-electron chi connectivity index (χ1n) is 5.94. The average Bonchev–Trinajstić information content (AvgIpc) is 2.45. The molecule has 0 radical (unpaired) electrons. The van der Waals surface area contributed by atoms with E-state index in [1.165, 1.54) is 0 Å². The highest BCUT2D eigenvalue weighted by atomic mass is 79.9. The summed E-state index contributed by atoms with van der Waals surface area (Å²) in [5.74, 6) is 0.706. The third kappa shape index (κ3) is 7.15. The molecule has 0 heterocycles. The number of hydrogen-bond acceptors (Lipinski definition) is 4. The van der Waals surface area contributed by atoms with Crippen molar-refractivity contribution in [3.05, 3.63) is 29.8 Å². The van der Waals surface area contributed by atoms with Gasteiger partial charge in [0.25, 0.3) is 0 Å². The Morgan fingerprint density at radius 1 is 1.26 bits per heavy atom. The largest absolute Gasteiger partial charge is 0.468 e. The summed E-state index contributed by atoms with van der Waals surface area (Å²) in [6.45, 7) is 1.27. The molecular weight excluding hydrogens is 314 g/mol. The number of ether oxygens (including phenoxy) is 3. The predicted molar refractivity (Wildman–Crippen MR) is 75.2 cm³/mol. The molecule has 1 aromatic carbocycles. The van der Waals surface area contributed by atoms with Gasteiger partial charge in [0.2, 0.25) is 5.91 Å². The summed E-state index contributed by atoms with van der Waals surface area (Å²) >= 11 is 2.90. The highest BCUT2D eigenvalue weighted by Crippen LogP contribution is 2.13. The highest BCUT2D eigenvalue weighted by Gasteiger charge is 2.01. The second-order valence-corrected chi connectivity index (χ2v) is 4.22. The van der Waals surface area contributed by atoms with Crippen molar-refractivity contribution in [2.24, 2.45) is 0 Å². The topological polar surface area (TPSA) is 56.8 Å². The van der Waals surface area contributed by atoms with Gasteiger partial charge in [-0.1, -0.05) is 12.1 Å². The maximum absolute atomic E-state index is 11.1. The molecule has 0 atom stereocenters. The lowest BCUT2D eigenvalue weighted by atomic mass is 10.1.